The molecule has 0 saturated heterocycles. The van der Waals surface area contributed by atoms with E-state index in [9.17, 15) is 4.79 Å². The Balaban J connectivity index is 3.85. The molecule has 2 N–H and O–H groups in total. The molecule has 0 rings (SSSR count). The molecule has 0 aromatic carbocycles. The first-order chi connectivity index (χ1) is 4.48. The van der Waals surface area contributed by atoms with Crippen molar-refractivity contribution in [3.8, 4) is 0 Å². The highest BCUT2D eigenvalue weighted by molar-refractivity contribution is 5.68. The summed E-state index contributed by atoms with van der Waals surface area (Å²) in [6.07, 6.45) is 1.29. The lowest BCUT2D eigenvalue weighted by atomic mass is 9.99. The van der Waals surface area contributed by atoms with Gasteiger partial charge in [0.25, 0.3) is 0 Å². The summed E-state index contributed by atoms with van der Waals surface area (Å²) in [4.78, 5) is 10.1. The lowest BCUT2D eigenvalue weighted by molar-refractivity contribution is -0.140. The first-order valence-electron chi connectivity index (χ1n) is 2.88. The number of aliphatic hydroxyl groups is 1. The van der Waals surface area contributed by atoms with Crippen LogP contribution in [0.2, 0.25) is 0 Å². The fourth-order valence-corrected chi connectivity index (χ4v) is 0.622. The van der Waals surface area contributed by atoms with Gasteiger partial charge in [0.15, 0.2) is 0 Å². The van der Waals surface area contributed by atoms with Gasteiger partial charge in [0, 0.05) is 0 Å². The van der Waals surface area contributed by atoms with Gasteiger partial charge < -0.3 is 10.2 Å². The molecular formula is C7H11O3. The summed E-state index contributed by atoms with van der Waals surface area (Å²) in [6.45, 7) is 6.66. The summed E-state index contributed by atoms with van der Waals surface area (Å²) in [5.74, 6) is -1.06. The van der Waals surface area contributed by atoms with Gasteiger partial charge in [0.2, 0.25) is 0 Å². The smallest absolute Gasteiger partial charge is 0.306 e. The van der Waals surface area contributed by atoms with E-state index in [4.69, 9.17) is 10.2 Å². The summed E-state index contributed by atoms with van der Waals surface area (Å²) in [6, 6.07) is 0. The van der Waals surface area contributed by atoms with Crippen molar-refractivity contribution in [3.63, 3.8) is 0 Å². The Morgan fingerprint density at radius 3 is 2.50 bits per heavy atom. The summed E-state index contributed by atoms with van der Waals surface area (Å²) >= 11 is 0. The van der Waals surface area contributed by atoms with Crippen molar-refractivity contribution < 1.29 is 15.0 Å². The predicted molar refractivity (Wildman–Crippen MR) is 37.4 cm³/mol. The Morgan fingerprint density at radius 2 is 2.20 bits per heavy atom. The fourth-order valence-electron chi connectivity index (χ4n) is 0.622. The second-order valence-electron chi connectivity index (χ2n) is 2.29. The van der Waals surface area contributed by atoms with Crippen LogP contribution in [0.3, 0.4) is 0 Å². The third-order valence-electron chi connectivity index (χ3n) is 1.00. The minimum absolute atomic E-state index is 0.194. The third-order valence-corrected chi connectivity index (χ3v) is 1.00. The maximum Gasteiger partial charge on any atom is 0.306 e. The minimum atomic E-state index is -1.40. The molecule has 0 aliphatic heterocycles. The van der Waals surface area contributed by atoms with Crippen LogP contribution in [-0.4, -0.2) is 21.8 Å². The second kappa shape index (κ2) is 3.37. The fraction of sp³-hybridized carbons (Fsp3) is 0.429. The standard InChI is InChI=1S/C7H11O3/c1-3-4-7(2,10)5-6(8)9/h3,10H,1-2,4-5H2,(H,8,9). The average Bonchev–Trinajstić information content (AvgIpc) is 1.59. The molecule has 10 heavy (non-hydrogen) atoms. The van der Waals surface area contributed by atoms with E-state index >= 15 is 0 Å². The highest BCUT2D eigenvalue weighted by Crippen LogP contribution is 2.13. The number of carboxylic acid groups (broad SMARTS) is 1. The zero-order chi connectivity index (χ0) is 8.20. The molecule has 3 heteroatoms. The van der Waals surface area contributed by atoms with Crippen molar-refractivity contribution in [2.75, 3.05) is 0 Å². The van der Waals surface area contributed by atoms with Crippen LogP contribution in [0.1, 0.15) is 12.8 Å². The molecule has 1 unspecified atom stereocenters. The van der Waals surface area contributed by atoms with E-state index in [0.29, 0.717) is 0 Å². The summed E-state index contributed by atoms with van der Waals surface area (Å²) in [7, 11) is 0. The van der Waals surface area contributed by atoms with Gasteiger partial charge in [-0.1, -0.05) is 6.08 Å². The van der Waals surface area contributed by atoms with Crippen molar-refractivity contribution in [1.29, 1.82) is 0 Å². The molecule has 0 heterocycles. The molecule has 0 fully saturated rings. The molecular weight excluding hydrogens is 132 g/mol. The number of carbonyl (C=O) groups is 1. The van der Waals surface area contributed by atoms with Crippen LogP contribution in [0.4, 0.5) is 0 Å². The van der Waals surface area contributed by atoms with Gasteiger partial charge in [0.05, 0.1) is 12.0 Å². The lowest BCUT2D eigenvalue weighted by Gasteiger charge is -2.17. The van der Waals surface area contributed by atoms with Gasteiger partial charge in [-0.25, -0.2) is 0 Å². The first-order valence-corrected chi connectivity index (χ1v) is 2.88. The van der Waals surface area contributed by atoms with Crippen LogP contribution < -0.4 is 0 Å². The van der Waals surface area contributed by atoms with Crippen molar-refractivity contribution in [1.82, 2.24) is 0 Å². The van der Waals surface area contributed by atoms with E-state index in [0.717, 1.165) is 0 Å². The van der Waals surface area contributed by atoms with Gasteiger partial charge in [-0.3, -0.25) is 4.79 Å². The Labute approximate surface area is 60.0 Å². The summed E-state index contributed by atoms with van der Waals surface area (Å²) < 4.78 is 0. The Kier molecular flexibility index (Phi) is 3.09. The molecule has 0 bridgehead atoms. The van der Waals surface area contributed by atoms with E-state index in [1.54, 1.807) is 0 Å². The highest BCUT2D eigenvalue weighted by Gasteiger charge is 2.21. The molecule has 0 aliphatic carbocycles. The van der Waals surface area contributed by atoms with Gasteiger partial charge in [-0.05, 0) is 13.3 Å². The second-order valence-corrected chi connectivity index (χ2v) is 2.29. The highest BCUT2D eigenvalue weighted by atomic mass is 16.4. The van der Waals surface area contributed by atoms with Gasteiger partial charge in [-0.15, -0.1) is 6.58 Å². The van der Waals surface area contributed by atoms with Gasteiger partial charge in [0.1, 0.15) is 0 Å². The quantitative estimate of drug-likeness (QED) is 0.566. The number of aliphatic carboxylic acids is 1. The van der Waals surface area contributed by atoms with Crippen LogP contribution in [0.25, 0.3) is 0 Å². The van der Waals surface area contributed by atoms with Gasteiger partial charge >= 0.3 is 5.97 Å². The lowest BCUT2D eigenvalue weighted by Crippen LogP contribution is -2.27. The molecule has 57 valence electrons. The predicted octanol–water partition coefficient (Wildman–Crippen LogP) is 0.602. The number of hydrogen-bond donors (Lipinski definition) is 2. The molecule has 0 aromatic heterocycles. The zero-order valence-electron chi connectivity index (χ0n) is 5.71. The molecule has 0 spiro atoms. The topological polar surface area (TPSA) is 57.5 Å². The monoisotopic (exact) mass is 143 g/mol. The largest absolute Gasteiger partial charge is 0.481 e. The molecule has 0 saturated carbocycles. The first kappa shape index (κ1) is 9.17. The van der Waals surface area contributed by atoms with Crippen LogP contribution in [0.5, 0.6) is 0 Å². The number of carboxylic acids is 1. The molecule has 0 aromatic rings. The molecule has 0 aliphatic rings. The molecule has 1 atom stereocenters. The van der Waals surface area contributed by atoms with E-state index in [2.05, 4.69) is 13.5 Å². The van der Waals surface area contributed by atoms with Crippen LogP contribution in [-0.2, 0) is 4.79 Å². The summed E-state index contributed by atoms with van der Waals surface area (Å²) in [5, 5.41) is 17.4. The average molecular weight is 143 g/mol. The number of rotatable bonds is 4. The Morgan fingerprint density at radius 1 is 1.70 bits per heavy atom. The third kappa shape index (κ3) is 4.09. The normalized spacial score (nSPS) is 15.8. The van der Waals surface area contributed by atoms with Crippen molar-refractivity contribution in [2.45, 2.75) is 18.4 Å². The van der Waals surface area contributed by atoms with Crippen molar-refractivity contribution in [2.24, 2.45) is 0 Å². The van der Waals surface area contributed by atoms with Crippen LogP contribution in [0, 0.1) is 6.92 Å². The Bertz CT molecular complexity index is 138. The molecule has 0 amide bonds. The molecule has 3 nitrogen and oxygen atoms in total. The van der Waals surface area contributed by atoms with Gasteiger partial charge in [-0.2, -0.15) is 0 Å². The van der Waals surface area contributed by atoms with E-state index in [-0.39, 0.29) is 12.8 Å². The number of hydrogen-bond acceptors (Lipinski definition) is 2. The van der Waals surface area contributed by atoms with E-state index in [1.807, 2.05) is 0 Å². The summed E-state index contributed by atoms with van der Waals surface area (Å²) in [5.41, 5.74) is -1.40. The maximum absolute atomic E-state index is 10.1. The van der Waals surface area contributed by atoms with Crippen molar-refractivity contribution in [3.05, 3.63) is 19.6 Å². The zero-order valence-corrected chi connectivity index (χ0v) is 5.71. The minimum Gasteiger partial charge on any atom is -0.481 e. The van der Waals surface area contributed by atoms with Crippen LogP contribution >= 0.6 is 0 Å². The van der Waals surface area contributed by atoms with Crippen molar-refractivity contribution >= 4 is 5.97 Å². The SMILES string of the molecule is [CH2]C(O)(CC=C)CC(=O)O. The molecule has 1 radical (unpaired) electrons. The Hall–Kier alpha value is -0.830. The van der Waals surface area contributed by atoms with E-state index < -0.39 is 11.6 Å². The van der Waals surface area contributed by atoms with Crippen LogP contribution in [0.15, 0.2) is 12.7 Å². The van der Waals surface area contributed by atoms with E-state index in [1.165, 1.54) is 6.08 Å². The maximum atomic E-state index is 10.1.